The molecule has 0 aromatic heterocycles. The van der Waals surface area contributed by atoms with Crippen molar-refractivity contribution < 1.29 is 4.39 Å². The van der Waals surface area contributed by atoms with Crippen LogP contribution in [0.15, 0.2) is 40.9 Å². The van der Waals surface area contributed by atoms with E-state index in [-0.39, 0.29) is 11.9 Å². The van der Waals surface area contributed by atoms with Crippen molar-refractivity contribution in [1.29, 1.82) is 0 Å². The van der Waals surface area contributed by atoms with Crippen LogP contribution < -0.4 is 5.32 Å². The molecule has 0 bridgehead atoms. The molecule has 0 fully saturated rings. The van der Waals surface area contributed by atoms with Crippen LogP contribution in [0.3, 0.4) is 0 Å². The van der Waals surface area contributed by atoms with Crippen LogP contribution in [0.4, 0.5) is 4.39 Å². The second-order valence-electron chi connectivity index (χ2n) is 5.65. The van der Waals surface area contributed by atoms with E-state index in [9.17, 15) is 4.39 Å². The van der Waals surface area contributed by atoms with E-state index in [4.69, 9.17) is 0 Å². The predicted octanol–water partition coefficient (Wildman–Crippen LogP) is 4.58. The summed E-state index contributed by atoms with van der Waals surface area (Å²) in [6, 6.07) is 12.2. The first-order valence-electron chi connectivity index (χ1n) is 7.41. The molecule has 1 N–H and O–H groups in total. The minimum atomic E-state index is -0.169. The van der Waals surface area contributed by atoms with Gasteiger partial charge in [-0.25, -0.2) is 4.39 Å². The number of benzene rings is 2. The lowest BCUT2D eigenvalue weighted by atomic mass is 9.96. The summed E-state index contributed by atoms with van der Waals surface area (Å²) >= 11 is 3.27. The summed E-state index contributed by atoms with van der Waals surface area (Å²) in [5, 5.41) is 3.24. The SMILES string of the molecule is CNC(Cc1ccc2c(c1)CCC2)c1cccc(Br)c1F. The van der Waals surface area contributed by atoms with Gasteiger partial charge in [0, 0.05) is 11.6 Å². The third-order valence-corrected chi connectivity index (χ3v) is 4.92. The van der Waals surface area contributed by atoms with Crippen LogP contribution in [0.25, 0.3) is 0 Å². The van der Waals surface area contributed by atoms with E-state index in [0.717, 1.165) is 6.42 Å². The van der Waals surface area contributed by atoms with E-state index in [1.54, 1.807) is 6.07 Å². The van der Waals surface area contributed by atoms with Gasteiger partial charge in [0.2, 0.25) is 0 Å². The summed E-state index contributed by atoms with van der Waals surface area (Å²) < 4.78 is 14.8. The Morgan fingerprint density at radius 3 is 2.81 bits per heavy atom. The molecule has 1 nitrogen and oxygen atoms in total. The van der Waals surface area contributed by atoms with Crippen molar-refractivity contribution in [2.45, 2.75) is 31.7 Å². The summed E-state index contributed by atoms with van der Waals surface area (Å²) in [7, 11) is 1.89. The molecule has 1 aliphatic rings. The third kappa shape index (κ3) is 3.04. The third-order valence-electron chi connectivity index (χ3n) is 4.31. The van der Waals surface area contributed by atoms with Crippen molar-refractivity contribution in [1.82, 2.24) is 5.32 Å². The molecule has 0 spiro atoms. The molecule has 1 aliphatic carbocycles. The molecule has 0 aliphatic heterocycles. The van der Waals surface area contributed by atoms with Gasteiger partial charge < -0.3 is 5.32 Å². The molecule has 21 heavy (non-hydrogen) atoms. The number of halogens is 2. The summed E-state index contributed by atoms with van der Waals surface area (Å²) in [4.78, 5) is 0. The Labute approximate surface area is 133 Å². The topological polar surface area (TPSA) is 12.0 Å². The van der Waals surface area contributed by atoms with Crippen molar-refractivity contribution in [3.8, 4) is 0 Å². The molecule has 3 heteroatoms. The number of fused-ring (bicyclic) bond motifs is 1. The predicted molar refractivity (Wildman–Crippen MR) is 88.1 cm³/mol. The molecule has 3 rings (SSSR count). The summed E-state index contributed by atoms with van der Waals surface area (Å²) in [5.74, 6) is -0.169. The fourth-order valence-corrected chi connectivity index (χ4v) is 3.53. The van der Waals surface area contributed by atoms with Crippen molar-refractivity contribution in [2.24, 2.45) is 0 Å². The molecule has 0 heterocycles. The lowest BCUT2D eigenvalue weighted by Crippen LogP contribution is -2.20. The fraction of sp³-hybridized carbons (Fsp3) is 0.333. The van der Waals surface area contributed by atoms with Gasteiger partial charge in [0.15, 0.2) is 0 Å². The van der Waals surface area contributed by atoms with Gasteiger partial charge in [-0.1, -0.05) is 30.3 Å². The fourth-order valence-electron chi connectivity index (χ4n) is 3.14. The van der Waals surface area contributed by atoms with Crippen LogP contribution in [0.2, 0.25) is 0 Å². The highest BCUT2D eigenvalue weighted by molar-refractivity contribution is 9.10. The lowest BCUT2D eigenvalue weighted by Gasteiger charge is -2.18. The molecule has 0 saturated heterocycles. The zero-order valence-electron chi connectivity index (χ0n) is 12.1. The molecule has 0 saturated carbocycles. The smallest absolute Gasteiger partial charge is 0.142 e. The van der Waals surface area contributed by atoms with E-state index < -0.39 is 0 Å². The monoisotopic (exact) mass is 347 g/mol. The molecular weight excluding hydrogens is 329 g/mol. The van der Waals surface area contributed by atoms with Crippen molar-refractivity contribution in [3.63, 3.8) is 0 Å². The Morgan fingerprint density at radius 1 is 1.19 bits per heavy atom. The number of aryl methyl sites for hydroxylation is 2. The Kier molecular flexibility index (Phi) is 4.41. The average molecular weight is 348 g/mol. The molecule has 0 radical (unpaired) electrons. The summed E-state index contributed by atoms with van der Waals surface area (Å²) in [6.45, 7) is 0. The Morgan fingerprint density at radius 2 is 2.00 bits per heavy atom. The average Bonchev–Trinajstić information content (AvgIpc) is 2.95. The highest BCUT2D eigenvalue weighted by atomic mass is 79.9. The minimum absolute atomic E-state index is 0.0121. The Balaban J connectivity index is 1.86. The maximum absolute atomic E-state index is 14.3. The number of likely N-dealkylation sites (N-methyl/N-ethyl adjacent to an activating group) is 1. The number of rotatable bonds is 4. The van der Waals surface area contributed by atoms with Gasteiger partial charge in [-0.15, -0.1) is 0 Å². The lowest BCUT2D eigenvalue weighted by molar-refractivity contribution is 0.530. The highest BCUT2D eigenvalue weighted by Crippen LogP contribution is 2.28. The van der Waals surface area contributed by atoms with Crippen LogP contribution >= 0.6 is 15.9 Å². The molecule has 110 valence electrons. The maximum atomic E-state index is 14.3. The second-order valence-corrected chi connectivity index (χ2v) is 6.50. The van der Waals surface area contributed by atoms with E-state index in [0.29, 0.717) is 10.0 Å². The van der Waals surface area contributed by atoms with Crippen molar-refractivity contribution in [3.05, 3.63) is 68.9 Å². The number of nitrogens with one attached hydrogen (secondary N) is 1. The largest absolute Gasteiger partial charge is 0.313 e. The zero-order valence-corrected chi connectivity index (χ0v) is 13.7. The molecular formula is C18H19BrFN. The molecule has 1 atom stereocenters. The van der Waals surface area contributed by atoms with Crippen LogP contribution in [0.5, 0.6) is 0 Å². The first-order chi connectivity index (χ1) is 10.2. The summed E-state index contributed by atoms with van der Waals surface area (Å²) in [6.07, 6.45) is 4.44. The molecule has 0 amide bonds. The van der Waals surface area contributed by atoms with Crippen LogP contribution in [0.1, 0.15) is 34.7 Å². The van der Waals surface area contributed by atoms with E-state index in [1.165, 1.54) is 36.0 Å². The highest BCUT2D eigenvalue weighted by Gasteiger charge is 2.17. The number of hydrogen-bond acceptors (Lipinski definition) is 1. The minimum Gasteiger partial charge on any atom is -0.313 e. The second kappa shape index (κ2) is 6.29. The van der Waals surface area contributed by atoms with E-state index in [1.807, 2.05) is 19.2 Å². The van der Waals surface area contributed by atoms with Crippen LogP contribution in [-0.4, -0.2) is 7.05 Å². The van der Waals surface area contributed by atoms with Gasteiger partial charge >= 0.3 is 0 Å². The molecule has 1 unspecified atom stereocenters. The Bertz CT molecular complexity index is 654. The van der Waals surface area contributed by atoms with Gasteiger partial charge in [-0.2, -0.15) is 0 Å². The molecule has 2 aromatic rings. The van der Waals surface area contributed by atoms with Crippen molar-refractivity contribution in [2.75, 3.05) is 7.05 Å². The maximum Gasteiger partial charge on any atom is 0.142 e. The van der Waals surface area contributed by atoms with Gasteiger partial charge in [-0.05, 0) is 71.4 Å². The first kappa shape index (κ1) is 14.7. The standard InChI is InChI=1S/C18H19BrFN/c1-21-17(15-6-3-7-16(19)18(15)20)11-12-8-9-13-4-2-5-14(13)10-12/h3,6-10,17,21H,2,4-5,11H2,1H3. The first-order valence-corrected chi connectivity index (χ1v) is 8.20. The zero-order chi connectivity index (χ0) is 14.8. The molecule has 2 aromatic carbocycles. The van der Waals surface area contributed by atoms with E-state index >= 15 is 0 Å². The summed E-state index contributed by atoms with van der Waals surface area (Å²) in [5.41, 5.74) is 4.94. The normalized spacial score (nSPS) is 15.0. The van der Waals surface area contributed by atoms with Gasteiger partial charge in [0.05, 0.1) is 4.47 Å². The Hall–Kier alpha value is -1.19. The van der Waals surface area contributed by atoms with Crippen LogP contribution in [-0.2, 0) is 19.3 Å². The van der Waals surface area contributed by atoms with Gasteiger partial charge in [-0.3, -0.25) is 0 Å². The van der Waals surface area contributed by atoms with Gasteiger partial charge in [0.25, 0.3) is 0 Å². The van der Waals surface area contributed by atoms with E-state index in [2.05, 4.69) is 39.4 Å². The number of hydrogen-bond donors (Lipinski definition) is 1. The van der Waals surface area contributed by atoms with Crippen molar-refractivity contribution >= 4 is 15.9 Å². The van der Waals surface area contributed by atoms with Gasteiger partial charge in [0.1, 0.15) is 5.82 Å². The quantitative estimate of drug-likeness (QED) is 0.853. The van der Waals surface area contributed by atoms with Crippen LogP contribution in [0, 0.1) is 5.82 Å².